The van der Waals surface area contributed by atoms with Crippen LogP contribution in [0.15, 0.2) is 58.4 Å². The molecule has 0 fully saturated rings. The fourth-order valence-electron chi connectivity index (χ4n) is 2.13. The van der Waals surface area contributed by atoms with E-state index in [0.29, 0.717) is 6.61 Å². The van der Waals surface area contributed by atoms with E-state index in [1.807, 2.05) is 30.3 Å². The monoisotopic (exact) mass is 353 g/mol. The molecule has 0 unspecified atom stereocenters. The summed E-state index contributed by atoms with van der Waals surface area (Å²) in [7, 11) is 1.42. The number of hydrogen-bond donors (Lipinski definition) is 2. The summed E-state index contributed by atoms with van der Waals surface area (Å²) in [6, 6.07) is 12.0. The zero-order valence-electron chi connectivity index (χ0n) is 13.8. The SMILES string of the molecule is Cn1c(NC(=O)c2cc(OCc3ccccc3)ncn2)cc(=O)[nH]c1=O. The predicted octanol–water partition coefficient (Wildman–Crippen LogP) is 0.695. The van der Waals surface area contributed by atoms with Gasteiger partial charge in [0, 0.05) is 19.2 Å². The molecule has 2 aromatic heterocycles. The average molecular weight is 353 g/mol. The minimum Gasteiger partial charge on any atom is -0.473 e. The lowest BCUT2D eigenvalue weighted by Gasteiger charge is -2.09. The molecule has 3 aromatic rings. The molecule has 0 saturated heterocycles. The third-order valence-corrected chi connectivity index (χ3v) is 3.51. The van der Waals surface area contributed by atoms with Crippen LogP contribution in [0.1, 0.15) is 16.1 Å². The Bertz CT molecular complexity index is 1040. The summed E-state index contributed by atoms with van der Waals surface area (Å²) in [5.41, 5.74) is -0.258. The van der Waals surface area contributed by atoms with Crippen molar-refractivity contribution in [3.63, 3.8) is 0 Å². The maximum atomic E-state index is 12.3. The molecule has 0 aliphatic rings. The first-order chi connectivity index (χ1) is 12.5. The molecule has 0 atom stereocenters. The first-order valence-electron chi connectivity index (χ1n) is 7.63. The van der Waals surface area contributed by atoms with Crippen molar-refractivity contribution >= 4 is 11.7 Å². The second kappa shape index (κ2) is 7.43. The van der Waals surface area contributed by atoms with E-state index < -0.39 is 17.2 Å². The molecule has 0 saturated carbocycles. The summed E-state index contributed by atoms with van der Waals surface area (Å²) in [5.74, 6) is -0.319. The van der Waals surface area contributed by atoms with E-state index in [1.54, 1.807) is 0 Å². The number of nitrogens with zero attached hydrogens (tertiary/aromatic N) is 3. The maximum Gasteiger partial charge on any atom is 0.329 e. The van der Waals surface area contributed by atoms with Crippen LogP contribution in [0.4, 0.5) is 5.82 Å². The summed E-state index contributed by atoms with van der Waals surface area (Å²) >= 11 is 0. The van der Waals surface area contributed by atoms with Gasteiger partial charge in [-0.3, -0.25) is 19.1 Å². The van der Waals surface area contributed by atoms with Gasteiger partial charge in [-0.1, -0.05) is 30.3 Å². The van der Waals surface area contributed by atoms with E-state index in [1.165, 1.54) is 19.4 Å². The van der Waals surface area contributed by atoms with E-state index in [2.05, 4.69) is 20.3 Å². The number of benzene rings is 1. The Hall–Kier alpha value is -3.75. The van der Waals surface area contributed by atoms with E-state index in [0.717, 1.165) is 16.2 Å². The zero-order valence-corrected chi connectivity index (χ0v) is 13.8. The predicted molar refractivity (Wildman–Crippen MR) is 93.1 cm³/mol. The summed E-state index contributed by atoms with van der Waals surface area (Å²) in [4.78, 5) is 45.2. The Morgan fingerprint density at radius 1 is 1.19 bits per heavy atom. The van der Waals surface area contributed by atoms with Crippen LogP contribution in [0, 0.1) is 0 Å². The third kappa shape index (κ3) is 4.01. The zero-order chi connectivity index (χ0) is 18.5. The van der Waals surface area contributed by atoms with Crippen LogP contribution in [0.25, 0.3) is 0 Å². The lowest BCUT2D eigenvalue weighted by atomic mass is 10.2. The molecule has 0 aliphatic carbocycles. The minimum atomic E-state index is -0.637. The fourth-order valence-corrected chi connectivity index (χ4v) is 2.13. The molecule has 132 valence electrons. The number of aromatic amines is 1. The second-order valence-electron chi connectivity index (χ2n) is 5.35. The van der Waals surface area contributed by atoms with Gasteiger partial charge in [0.1, 0.15) is 24.4 Å². The van der Waals surface area contributed by atoms with E-state index >= 15 is 0 Å². The van der Waals surface area contributed by atoms with Crippen LogP contribution in [0.2, 0.25) is 0 Å². The van der Waals surface area contributed by atoms with Gasteiger partial charge in [-0.15, -0.1) is 0 Å². The minimum absolute atomic E-state index is 0.0378. The first kappa shape index (κ1) is 17.1. The van der Waals surface area contributed by atoms with Crippen molar-refractivity contribution in [1.82, 2.24) is 19.5 Å². The van der Waals surface area contributed by atoms with Gasteiger partial charge in [-0.25, -0.2) is 14.8 Å². The van der Waals surface area contributed by atoms with Crippen molar-refractivity contribution < 1.29 is 9.53 Å². The van der Waals surface area contributed by atoms with Gasteiger partial charge in [0.05, 0.1) is 0 Å². The number of amides is 1. The molecule has 1 aromatic carbocycles. The number of aromatic nitrogens is 4. The molecule has 0 spiro atoms. The van der Waals surface area contributed by atoms with Crippen molar-refractivity contribution in [2.75, 3.05) is 5.32 Å². The fraction of sp³-hybridized carbons (Fsp3) is 0.118. The quantitative estimate of drug-likeness (QED) is 0.697. The highest BCUT2D eigenvalue weighted by atomic mass is 16.5. The first-order valence-corrected chi connectivity index (χ1v) is 7.63. The van der Waals surface area contributed by atoms with Gasteiger partial charge < -0.3 is 10.1 Å². The number of ether oxygens (including phenoxy) is 1. The summed E-state index contributed by atoms with van der Waals surface area (Å²) in [6.07, 6.45) is 1.20. The van der Waals surface area contributed by atoms with Crippen LogP contribution < -0.4 is 21.3 Å². The highest BCUT2D eigenvalue weighted by Gasteiger charge is 2.12. The molecular formula is C17H15N5O4. The van der Waals surface area contributed by atoms with E-state index in [-0.39, 0.29) is 17.4 Å². The van der Waals surface area contributed by atoms with Gasteiger partial charge in [0.2, 0.25) is 5.88 Å². The molecule has 0 radical (unpaired) electrons. The van der Waals surface area contributed by atoms with Crippen molar-refractivity contribution in [1.29, 1.82) is 0 Å². The van der Waals surface area contributed by atoms with Crippen LogP contribution in [0.5, 0.6) is 5.88 Å². The van der Waals surface area contributed by atoms with Crippen LogP contribution >= 0.6 is 0 Å². The van der Waals surface area contributed by atoms with Crippen molar-refractivity contribution in [3.05, 3.63) is 80.9 Å². The third-order valence-electron chi connectivity index (χ3n) is 3.51. The number of rotatable bonds is 5. The highest BCUT2D eigenvalue weighted by Crippen LogP contribution is 2.11. The van der Waals surface area contributed by atoms with Gasteiger partial charge in [0.25, 0.3) is 11.5 Å². The molecule has 9 heteroatoms. The smallest absolute Gasteiger partial charge is 0.329 e. The number of nitrogens with one attached hydrogen (secondary N) is 2. The van der Waals surface area contributed by atoms with Crippen molar-refractivity contribution in [2.45, 2.75) is 6.61 Å². The molecule has 2 N–H and O–H groups in total. The Balaban J connectivity index is 1.74. The summed E-state index contributed by atoms with van der Waals surface area (Å²) in [6.45, 7) is 0.293. The number of hydrogen-bond acceptors (Lipinski definition) is 6. The molecule has 2 heterocycles. The van der Waals surface area contributed by atoms with E-state index in [4.69, 9.17) is 4.74 Å². The molecule has 1 amide bonds. The van der Waals surface area contributed by atoms with E-state index in [9.17, 15) is 14.4 Å². The Kier molecular flexibility index (Phi) is 4.88. The number of carbonyl (C=O) groups is 1. The molecule has 0 aliphatic heterocycles. The lowest BCUT2D eigenvalue weighted by Crippen LogP contribution is -2.31. The molecule has 26 heavy (non-hydrogen) atoms. The maximum absolute atomic E-state index is 12.3. The van der Waals surface area contributed by atoms with Gasteiger partial charge in [-0.05, 0) is 5.56 Å². The number of anilines is 1. The van der Waals surface area contributed by atoms with Gasteiger partial charge >= 0.3 is 5.69 Å². The van der Waals surface area contributed by atoms with Crippen LogP contribution in [-0.4, -0.2) is 25.4 Å². The van der Waals surface area contributed by atoms with Gasteiger partial charge in [0.15, 0.2) is 0 Å². The molecule has 9 nitrogen and oxygen atoms in total. The topological polar surface area (TPSA) is 119 Å². The number of H-pyrrole nitrogens is 1. The Morgan fingerprint density at radius 3 is 2.73 bits per heavy atom. The standard InChI is InChI=1S/C17H15N5O4/c1-22-13(8-14(23)21-17(22)25)20-16(24)12-7-15(19-10-18-12)26-9-11-5-3-2-4-6-11/h2-8,10H,9H2,1H3,(H,20,24)(H,21,23,25). The van der Waals surface area contributed by atoms with Gasteiger partial charge in [-0.2, -0.15) is 0 Å². The van der Waals surface area contributed by atoms with Crippen LogP contribution in [-0.2, 0) is 13.7 Å². The molecular weight excluding hydrogens is 338 g/mol. The second-order valence-corrected chi connectivity index (χ2v) is 5.35. The van der Waals surface area contributed by atoms with Crippen LogP contribution in [0.3, 0.4) is 0 Å². The van der Waals surface area contributed by atoms with Crippen molar-refractivity contribution in [3.8, 4) is 5.88 Å². The largest absolute Gasteiger partial charge is 0.473 e. The Labute approximate surface area is 147 Å². The summed E-state index contributed by atoms with van der Waals surface area (Å²) in [5, 5.41) is 2.47. The number of carbonyl (C=O) groups excluding carboxylic acids is 1. The highest BCUT2D eigenvalue weighted by molar-refractivity contribution is 6.02. The average Bonchev–Trinajstić information content (AvgIpc) is 2.65. The Morgan fingerprint density at radius 2 is 1.96 bits per heavy atom. The molecule has 3 rings (SSSR count). The normalized spacial score (nSPS) is 10.3. The van der Waals surface area contributed by atoms with Crippen molar-refractivity contribution in [2.24, 2.45) is 7.05 Å². The lowest BCUT2D eigenvalue weighted by molar-refractivity contribution is 0.102. The molecule has 0 bridgehead atoms. The summed E-state index contributed by atoms with van der Waals surface area (Å²) < 4.78 is 6.66.